The highest BCUT2D eigenvalue weighted by Gasteiger charge is 2.16. The van der Waals surface area contributed by atoms with E-state index in [9.17, 15) is 9.18 Å². The van der Waals surface area contributed by atoms with Crippen molar-refractivity contribution in [1.82, 2.24) is 0 Å². The summed E-state index contributed by atoms with van der Waals surface area (Å²) >= 11 is 5.69. The minimum Gasteiger partial charge on any atom is -0.493 e. The van der Waals surface area contributed by atoms with Gasteiger partial charge in [-0.2, -0.15) is 0 Å². The first kappa shape index (κ1) is 12.2. The highest BCUT2D eigenvalue weighted by molar-refractivity contribution is 6.31. The molecule has 0 aliphatic carbocycles. The second-order valence-electron chi connectivity index (χ2n) is 4.38. The Bertz CT molecular complexity index is 667. The normalized spacial score (nSPS) is 12.9. The van der Waals surface area contributed by atoms with Gasteiger partial charge >= 0.3 is 0 Å². The fourth-order valence-electron chi connectivity index (χ4n) is 2.13. The third kappa shape index (κ3) is 2.22. The summed E-state index contributed by atoms with van der Waals surface area (Å²) in [7, 11) is 0. The topological polar surface area (TPSA) is 26.3 Å². The van der Waals surface area contributed by atoms with Gasteiger partial charge in [-0.05, 0) is 42.0 Å². The molecule has 0 N–H and O–H groups in total. The molecule has 3 rings (SSSR count). The number of hydrogen-bond donors (Lipinski definition) is 0. The van der Waals surface area contributed by atoms with E-state index in [0.29, 0.717) is 17.7 Å². The van der Waals surface area contributed by atoms with Crippen molar-refractivity contribution >= 4 is 17.4 Å². The summed E-state index contributed by atoms with van der Waals surface area (Å²) in [5.41, 5.74) is 1.97. The van der Waals surface area contributed by atoms with E-state index in [1.165, 1.54) is 18.2 Å². The van der Waals surface area contributed by atoms with Crippen molar-refractivity contribution in [3.8, 4) is 5.75 Å². The van der Waals surface area contributed by atoms with Gasteiger partial charge in [-0.1, -0.05) is 11.6 Å². The predicted molar refractivity (Wildman–Crippen MR) is 70.5 cm³/mol. The molecular formula is C15H10ClFO2. The van der Waals surface area contributed by atoms with Crippen LogP contribution in [-0.4, -0.2) is 12.4 Å². The largest absolute Gasteiger partial charge is 0.493 e. The predicted octanol–water partition coefficient (Wildman–Crippen LogP) is 3.65. The van der Waals surface area contributed by atoms with Crippen LogP contribution in [0, 0.1) is 5.82 Å². The van der Waals surface area contributed by atoms with E-state index in [4.69, 9.17) is 16.3 Å². The van der Waals surface area contributed by atoms with Crippen LogP contribution in [0.2, 0.25) is 5.02 Å². The summed E-state index contributed by atoms with van der Waals surface area (Å²) < 4.78 is 18.5. The molecule has 19 heavy (non-hydrogen) atoms. The van der Waals surface area contributed by atoms with E-state index >= 15 is 0 Å². The smallest absolute Gasteiger partial charge is 0.193 e. The van der Waals surface area contributed by atoms with Gasteiger partial charge in [-0.15, -0.1) is 0 Å². The zero-order valence-corrected chi connectivity index (χ0v) is 10.7. The molecule has 0 spiro atoms. The maximum atomic E-state index is 13.1. The van der Waals surface area contributed by atoms with Crippen LogP contribution >= 0.6 is 11.6 Å². The Morgan fingerprint density at radius 2 is 1.89 bits per heavy atom. The number of carbonyl (C=O) groups is 1. The molecule has 0 amide bonds. The van der Waals surface area contributed by atoms with E-state index in [1.54, 1.807) is 12.1 Å². The molecule has 0 aromatic heterocycles. The summed E-state index contributed by atoms with van der Waals surface area (Å²) in [5, 5.41) is -0.0460. The van der Waals surface area contributed by atoms with Crippen molar-refractivity contribution < 1.29 is 13.9 Å². The molecule has 0 atom stereocenters. The van der Waals surface area contributed by atoms with Crippen LogP contribution in [0.25, 0.3) is 0 Å². The molecule has 2 aromatic rings. The Hall–Kier alpha value is -1.87. The highest BCUT2D eigenvalue weighted by atomic mass is 35.5. The molecule has 96 valence electrons. The van der Waals surface area contributed by atoms with Crippen LogP contribution in [0.1, 0.15) is 21.5 Å². The summed E-state index contributed by atoms with van der Waals surface area (Å²) in [6, 6.07) is 9.31. The zero-order chi connectivity index (χ0) is 13.4. The lowest BCUT2D eigenvalue weighted by Gasteiger charge is -2.04. The van der Waals surface area contributed by atoms with E-state index in [1.807, 2.05) is 6.07 Å². The lowest BCUT2D eigenvalue weighted by atomic mass is 10.0. The Balaban J connectivity index is 1.97. The number of ether oxygens (including phenoxy) is 1. The maximum Gasteiger partial charge on any atom is 0.193 e. The summed E-state index contributed by atoms with van der Waals surface area (Å²) in [6.45, 7) is 0.648. The summed E-state index contributed by atoms with van der Waals surface area (Å²) in [5.74, 6) is 0.130. The average molecular weight is 277 g/mol. The lowest BCUT2D eigenvalue weighted by Crippen LogP contribution is -2.02. The van der Waals surface area contributed by atoms with Crippen LogP contribution < -0.4 is 4.74 Å². The number of ketones is 1. The Morgan fingerprint density at radius 1 is 1.16 bits per heavy atom. The first-order chi connectivity index (χ1) is 9.15. The lowest BCUT2D eigenvalue weighted by molar-refractivity contribution is 0.103. The number of fused-ring (bicyclic) bond motifs is 1. The molecule has 1 aliphatic heterocycles. The molecule has 0 saturated heterocycles. The quantitative estimate of drug-likeness (QED) is 0.783. The standard InChI is InChI=1S/C15H10ClFO2/c16-12-8-11(1-3-13(12)17)15(18)10-2-4-14-9(7-10)5-6-19-14/h1-4,7-8H,5-6H2. The first-order valence-corrected chi connectivity index (χ1v) is 6.28. The number of carbonyl (C=O) groups excluding carboxylic acids is 1. The molecular weight excluding hydrogens is 267 g/mol. The monoisotopic (exact) mass is 276 g/mol. The van der Waals surface area contributed by atoms with Gasteiger partial charge in [0.1, 0.15) is 11.6 Å². The van der Waals surface area contributed by atoms with E-state index in [-0.39, 0.29) is 10.8 Å². The SMILES string of the molecule is O=C(c1ccc(F)c(Cl)c1)c1ccc2c(c1)CCO2. The highest BCUT2D eigenvalue weighted by Crippen LogP contribution is 2.27. The Labute approximate surface area is 114 Å². The Morgan fingerprint density at radius 3 is 2.68 bits per heavy atom. The first-order valence-electron chi connectivity index (χ1n) is 5.90. The van der Waals surface area contributed by atoms with Gasteiger partial charge < -0.3 is 4.74 Å². The van der Waals surface area contributed by atoms with Gasteiger partial charge in [-0.25, -0.2) is 4.39 Å². The molecule has 1 heterocycles. The van der Waals surface area contributed by atoms with Gasteiger partial charge in [0.15, 0.2) is 5.78 Å². The maximum absolute atomic E-state index is 13.1. The van der Waals surface area contributed by atoms with Crippen molar-refractivity contribution in [2.75, 3.05) is 6.61 Å². The molecule has 0 unspecified atom stereocenters. The number of benzene rings is 2. The minimum absolute atomic E-state index is 0.0460. The molecule has 0 radical (unpaired) electrons. The average Bonchev–Trinajstić information content (AvgIpc) is 2.88. The van der Waals surface area contributed by atoms with Crippen LogP contribution in [0.15, 0.2) is 36.4 Å². The fourth-order valence-corrected chi connectivity index (χ4v) is 2.31. The molecule has 4 heteroatoms. The van der Waals surface area contributed by atoms with E-state index in [0.717, 1.165) is 17.7 Å². The second-order valence-corrected chi connectivity index (χ2v) is 4.79. The molecule has 2 nitrogen and oxygen atoms in total. The summed E-state index contributed by atoms with van der Waals surface area (Å²) in [4.78, 5) is 12.3. The Kier molecular flexibility index (Phi) is 2.99. The van der Waals surface area contributed by atoms with Crippen LogP contribution in [-0.2, 0) is 6.42 Å². The molecule has 2 aromatic carbocycles. The summed E-state index contributed by atoms with van der Waals surface area (Å²) in [6.07, 6.45) is 0.806. The van der Waals surface area contributed by atoms with E-state index < -0.39 is 5.82 Å². The van der Waals surface area contributed by atoms with Gasteiger partial charge in [0, 0.05) is 17.5 Å². The van der Waals surface area contributed by atoms with Crippen LogP contribution in [0.4, 0.5) is 4.39 Å². The molecule has 0 fully saturated rings. The number of rotatable bonds is 2. The van der Waals surface area contributed by atoms with Crippen molar-refractivity contribution in [1.29, 1.82) is 0 Å². The van der Waals surface area contributed by atoms with Crippen molar-refractivity contribution in [2.45, 2.75) is 6.42 Å². The van der Waals surface area contributed by atoms with Gasteiger partial charge in [-0.3, -0.25) is 4.79 Å². The van der Waals surface area contributed by atoms with Crippen LogP contribution in [0.3, 0.4) is 0 Å². The third-order valence-corrected chi connectivity index (χ3v) is 3.42. The molecule has 0 bridgehead atoms. The molecule has 0 saturated carbocycles. The second kappa shape index (κ2) is 4.67. The van der Waals surface area contributed by atoms with Crippen molar-refractivity contribution in [3.05, 3.63) is 63.9 Å². The van der Waals surface area contributed by atoms with Crippen molar-refractivity contribution in [2.24, 2.45) is 0 Å². The van der Waals surface area contributed by atoms with Gasteiger partial charge in [0.05, 0.1) is 11.6 Å². The molecule has 1 aliphatic rings. The van der Waals surface area contributed by atoms with Crippen molar-refractivity contribution in [3.63, 3.8) is 0 Å². The zero-order valence-electron chi connectivity index (χ0n) is 9.95. The van der Waals surface area contributed by atoms with Gasteiger partial charge in [0.25, 0.3) is 0 Å². The minimum atomic E-state index is -0.527. The number of hydrogen-bond acceptors (Lipinski definition) is 2. The fraction of sp³-hybridized carbons (Fsp3) is 0.133. The van der Waals surface area contributed by atoms with Gasteiger partial charge in [0.2, 0.25) is 0 Å². The van der Waals surface area contributed by atoms with E-state index in [2.05, 4.69) is 0 Å². The third-order valence-electron chi connectivity index (χ3n) is 3.13. The van der Waals surface area contributed by atoms with Crippen LogP contribution in [0.5, 0.6) is 5.75 Å². The number of halogens is 2.